The fourth-order valence-electron chi connectivity index (χ4n) is 2.53. The second kappa shape index (κ2) is 10.1. The van der Waals surface area contributed by atoms with E-state index in [2.05, 4.69) is 15.6 Å². The summed E-state index contributed by atoms with van der Waals surface area (Å²) in [4.78, 5) is 29.1. The highest BCUT2D eigenvalue weighted by atomic mass is 32.2. The van der Waals surface area contributed by atoms with Crippen LogP contribution < -0.4 is 15.4 Å². The van der Waals surface area contributed by atoms with Gasteiger partial charge in [-0.25, -0.2) is 4.98 Å². The Balaban J connectivity index is 1.83. The summed E-state index contributed by atoms with van der Waals surface area (Å²) < 4.78 is 5.86. The summed E-state index contributed by atoms with van der Waals surface area (Å²) >= 11 is 2.71. The molecule has 3 aromatic rings. The molecule has 0 spiro atoms. The van der Waals surface area contributed by atoms with E-state index in [4.69, 9.17) is 4.74 Å². The van der Waals surface area contributed by atoms with Crippen molar-refractivity contribution in [3.05, 3.63) is 60.2 Å². The highest BCUT2D eigenvalue weighted by molar-refractivity contribution is 8.01. The summed E-state index contributed by atoms with van der Waals surface area (Å²) in [7, 11) is 1.58. The molecule has 2 amide bonds. The van der Waals surface area contributed by atoms with Crippen molar-refractivity contribution in [3.8, 4) is 17.0 Å². The van der Waals surface area contributed by atoms with Crippen LogP contribution in [0.5, 0.6) is 5.75 Å². The molecular formula is C21H21N3O3S2. The second-order valence-electron chi connectivity index (χ2n) is 5.95. The number of aromatic nitrogens is 1. The van der Waals surface area contributed by atoms with Crippen molar-refractivity contribution in [2.24, 2.45) is 0 Å². The predicted octanol–water partition coefficient (Wildman–Crippen LogP) is 4.30. The lowest BCUT2D eigenvalue weighted by Gasteiger charge is -2.06. The molecule has 0 fully saturated rings. The normalized spacial score (nSPS) is 10.4. The average Bonchev–Trinajstić information content (AvgIpc) is 3.16. The lowest BCUT2D eigenvalue weighted by atomic mass is 10.1. The minimum atomic E-state index is -0.228. The molecule has 8 heteroatoms. The highest BCUT2D eigenvalue weighted by Gasteiger charge is 2.17. The molecule has 0 aliphatic rings. The Kier molecular flexibility index (Phi) is 7.26. The van der Waals surface area contributed by atoms with Gasteiger partial charge in [-0.05, 0) is 31.2 Å². The number of thiazole rings is 1. The molecule has 0 atom stereocenters. The number of ether oxygens (including phenoxy) is 1. The molecule has 2 N–H and O–H groups in total. The van der Waals surface area contributed by atoms with E-state index in [1.807, 2.05) is 37.3 Å². The van der Waals surface area contributed by atoms with Crippen molar-refractivity contribution in [2.75, 3.05) is 24.7 Å². The first-order valence-electron chi connectivity index (χ1n) is 9.02. The van der Waals surface area contributed by atoms with Crippen molar-refractivity contribution in [1.82, 2.24) is 10.3 Å². The van der Waals surface area contributed by atoms with Crippen LogP contribution in [0.2, 0.25) is 0 Å². The third-order valence-corrected chi connectivity index (χ3v) is 6.05. The Labute approximate surface area is 177 Å². The number of rotatable bonds is 8. The van der Waals surface area contributed by atoms with E-state index in [1.54, 1.807) is 31.4 Å². The fraction of sp³-hybridized carbons (Fsp3) is 0.190. The topological polar surface area (TPSA) is 80.3 Å². The van der Waals surface area contributed by atoms with E-state index >= 15 is 0 Å². The summed E-state index contributed by atoms with van der Waals surface area (Å²) in [6.07, 6.45) is 0. The summed E-state index contributed by atoms with van der Waals surface area (Å²) in [6.45, 7) is 2.47. The summed E-state index contributed by atoms with van der Waals surface area (Å²) in [5.74, 6) is 0.696. The predicted molar refractivity (Wildman–Crippen MR) is 118 cm³/mol. The van der Waals surface area contributed by atoms with Crippen molar-refractivity contribution in [2.45, 2.75) is 11.3 Å². The minimum Gasteiger partial charge on any atom is -0.497 e. The van der Waals surface area contributed by atoms with E-state index in [0.29, 0.717) is 28.6 Å². The number of nitrogens with zero attached hydrogens (tertiary/aromatic N) is 1. The maximum Gasteiger partial charge on any atom is 0.256 e. The Hall–Kier alpha value is -2.84. The summed E-state index contributed by atoms with van der Waals surface area (Å²) in [5, 5.41) is 6.38. The van der Waals surface area contributed by atoms with Crippen LogP contribution in [0.4, 0.5) is 5.00 Å². The first kappa shape index (κ1) is 20.9. The Morgan fingerprint density at radius 2 is 1.83 bits per heavy atom. The molecule has 2 aromatic carbocycles. The monoisotopic (exact) mass is 427 g/mol. The molecule has 6 nitrogen and oxygen atoms in total. The van der Waals surface area contributed by atoms with E-state index in [1.165, 1.54) is 23.1 Å². The van der Waals surface area contributed by atoms with E-state index < -0.39 is 0 Å². The van der Waals surface area contributed by atoms with Crippen LogP contribution in [0.25, 0.3) is 11.3 Å². The zero-order chi connectivity index (χ0) is 20.6. The van der Waals surface area contributed by atoms with Gasteiger partial charge in [0.15, 0.2) is 4.34 Å². The SMILES string of the molecule is CCNC(=O)CSc1nc(-c2ccccc2)c(NC(=O)c2ccc(OC)cc2)s1. The number of thioether (sulfide) groups is 1. The third-order valence-electron chi connectivity index (χ3n) is 3.93. The number of anilines is 1. The van der Waals surface area contributed by atoms with E-state index in [9.17, 15) is 9.59 Å². The molecule has 150 valence electrons. The number of amides is 2. The Morgan fingerprint density at radius 1 is 1.10 bits per heavy atom. The molecule has 0 aliphatic carbocycles. The van der Waals surface area contributed by atoms with Crippen LogP contribution in [0.3, 0.4) is 0 Å². The van der Waals surface area contributed by atoms with Gasteiger partial charge in [0.2, 0.25) is 5.91 Å². The van der Waals surface area contributed by atoms with Gasteiger partial charge in [-0.15, -0.1) is 0 Å². The molecule has 1 heterocycles. The van der Waals surface area contributed by atoms with Crippen LogP contribution in [-0.4, -0.2) is 36.2 Å². The number of benzene rings is 2. The molecule has 1 aromatic heterocycles. The van der Waals surface area contributed by atoms with Gasteiger partial charge in [0.05, 0.1) is 12.9 Å². The van der Waals surface area contributed by atoms with Crippen molar-refractivity contribution < 1.29 is 14.3 Å². The number of methoxy groups -OCH3 is 1. The quantitative estimate of drug-likeness (QED) is 0.524. The van der Waals surface area contributed by atoms with Crippen molar-refractivity contribution in [1.29, 1.82) is 0 Å². The molecule has 0 radical (unpaired) electrons. The molecule has 0 aliphatic heterocycles. The number of carbonyl (C=O) groups excluding carboxylic acids is 2. The molecule has 0 bridgehead atoms. The van der Waals surface area contributed by atoms with Crippen LogP contribution >= 0.6 is 23.1 Å². The molecule has 0 unspecified atom stereocenters. The number of carbonyl (C=O) groups is 2. The Morgan fingerprint density at radius 3 is 2.48 bits per heavy atom. The first-order valence-corrected chi connectivity index (χ1v) is 10.8. The minimum absolute atomic E-state index is 0.0437. The number of hydrogen-bond acceptors (Lipinski definition) is 6. The fourth-order valence-corrected chi connectivity index (χ4v) is 4.42. The van der Waals surface area contributed by atoms with E-state index in [-0.39, 0.29) is 17.6 Å². The number of hydrogen-bond donors (Lipinski definition) is 2. The Bertz CT molecular complexity index is 973. The summed E-state index contributed by atoms with van der Waals surface area (Å²) in [5.41, 5.74) is 2.12. The smallest absolute Gasteiger partial charge is 0.256 e. The molecular weight excluding hydrogens is 406 g/mol. The van der Waals surface area contributed by atoms with Gasteiger partial charge in [0.1, 0.15) is 16.4 Å². The van der Waals surface area contributed by atoms with Gasteiger partial charge in [-0.1, -0.05) is 53.4 Å². The maximum atomic E-state index is 12.7. The zero-order valence-corrected chi connectivity index (χ0v) is 17.7. The van der Waals surface area contributed by atoms with Gasteiger partial charge >= 0.3 is 0 Å². The molecule has 3 rings (SSSR count). The van der Waals surface area contributed by atoms with Gasteiger partial charge in [-0.2, -0.15) is 0 Å². The molecule has 0 saturated heterocycles. The highest BCUT2D eigenvalue weighted by Crippen LogP contribution is 2.37. The largest absolute Gasteiger partial charge is 0.497 e. The van der Waals surface area contributed by atoms with Crippen LogP contribution in [-0.2, 0) is 4.79 Å². The second-order valence-corrected chi connectivity index (χ2v) is 8.17. The first-order chi connectivity index (χ1) is 14.1. The summed E-state index contributed by atoms with van der Waals surface area (Å²) in [6, 6.07) is 16.6. The third kappa shape index (κ3) is 5.58. The lowest BCUT2D eigenvalue weighted by Crippen LogP contribution is -2.24. The lowest BCUT2D eigenvalue weighted by molar-refractivity contribution is -0.118. The van der Waals surface area contributed by atoms with Crippen LogP contribution in [0.15, 0.2) is 58.9 Å². The van der Waals surface area contributed by atoms with Crippen molar-refractivity contribution >= 4 is 39.9 Å². The number of nitrogens with one attached hydrogen (secondary N) is 2. The van der Waals surface area contributed by atoms with Crippen LogP contribution in [0, 0.1) is 0 Å². The van der Waals surface area contributed by atoms with E-state index in [0.717, 1.165) is 9.90 Å². The zero-order valence-electron chi connectivity index (χ0n) is 16.1. The maximum absolute atomic E-state index is 12.7. The average molecular weight is 428 g/mol. The van der Waals surface area contributed by atoms with Crippen LogP contribution in [0.1, 0.15) is 17.3 Å². The standard InChI is InChI=1S/C21H21N3O3S2/c1-3-22-17(25)13-28-21-23-18(14-7-5-4-6-8-14)20(29-21)24-19(26)15-9-11-16(27-2)12-10-15/h4-12H,3,13H2,1-2H3,(H,22,25)(H,24,26). The van der Waals surface area contributed by atoms with Crippen molar-refractivity contribution in [3.63, 3.8) is 0 Å². The molecule has 29 heavy (non-hydrogen) atoms. The van der Waals surface area contributed by atoms with Gasteiger partial charge in [0.25, 0.3) is 5.91 Å². The molecule has 0 saturated carbocycles. The van der Waals surface area contributed by atoms with Gasteiger partial charge < -0.3 is 15.4 Å². The van der Waals surface area contributed by atoms with Gasteiger partial charge in [-0.3, -0.25) is 9.59 Å². The van der Waals surface area contributed by atoms with Gasteiger partial charge in [0, 0.05) is 17.7 Å².